The zero-order valence-electron chi connectivity index (χ0n) is 25.6. The van der Waals surface area contributed by atoms with Crippen molar-refractivity contribution in [2.24, 2.45) is 0 Å². The molecule has 0 aliphatic heterocycles. The van der Waals surface area contributed by atoms with E-state index in [1.165, 1.54) is 17.2 Å². The molecule has 1 aliphatic carbocycles. The number of hydrogen-bond donors (Lipinski definition) is 1. The van der Waals surface area contributed by atoms with Crippen LogP contribution in [0.3, 0.4) is 0 Å². The zero-order valence-corrected chi connectivity index (χ0v) is 25.6. The van der Waals surface area contributed by atoms with Gasteiger partial charge in [0.25, 0.3) is 0 Å². The molecule has 1 N–H and O–H groups in total. The van der Waals surface area contributed by atoms with Crippen LogP contribution in [-0.2, 0) is 24.3 Å². The minimum absolute atomic E-state index is 0.104. The van der Waals surface area contributed by atoms with E-state index in [9.17, 15) is 14.3 Å². The molecular weight excluding hydrogens is 557 g/mol. The van der Waals surface area contributed by atoms with Crippen LogP contribution in [0.4, 0.5) is 4.39 Å². The lowest BCUT2D eigenvalue weighted by molar-refractivity contribution is 0.0697. The number of nitrogens with zero attached hydrogens (tertiary/aromatic N) is 3. The molecule has 1 saturated carbocycles. The predicted molar refractivity (Wildman–Crippen MR) is 170 cm³/mol. The summed E-state index contributed by atoms with van der Waals surface area (Å²) in [5.74, 6) is 0.552. The smallest absolute Gasteiger partial charge is 0.335 e. The first kappa shape index (κ1) is 30.9. The average molecular weight is 596 g/mol. The Morgan fingerprint density at radius 2 is 1.80 bits per heavy atom. The third-order valence-electron chi connectivity index (χ3n) is 7.71. The van der Waals surface area contributed by atoms with Crippen LogP contribution < -0.4 is 4.74 Å². The van der Waals surface area contributed by atoms with Crippen molar-refractivity contribution in [1.29, 1.82) is 0 Å². The van der Waals surface area contributed by atoms with Gasteiger partial charge in [-0.3, -0.25) is 0 Å². The fourth-order valence-corrected chi connectivity index (χ4v) is 5.31. The highest BCUT2D eigenvalue weighted by Gasteiger charge is 2.27. The number of imidazole rings is 1. The first-order valence-corrected chi connectivity index (χ1v) is 15.1. The first-order chi connectivity index (χ1) is 21.4. The monoisotopic (exact) mass is 595 g/mol. The molecule has 0 unspecified atom stereocenters. The van der Waals surface area contributed by atoms with E-state index in [4.69, 9.17) is 19.4 Å². The lowest BCUT2D eigenvalue weighted by Crippen LogP contribution is -2.10. The van der Waals surface area contributed by atoms with Crippen LogP contribution in [0.2, 0.25) is 0 Å². The summed E-state index contributed by atoms with van der Waals surface area (Å²) >= 11 is 0. The zero-order chi connectivity index (χ0) is 31.2. The number of aromatic nitrogens is 3. The Morgan fingerprint density at radius 1 is 1.00 bits per heavy atom. The van der Waals surface area contributed by atoms with Crippen LogP contribution in [0.25, 0.3) is 22.3 Å². The van der Waals surface area contributed by atoms with Crippen LogP contribution in [0.5, 0.6) is 5.88 Å². The molecule has 1 fully saturated rings. The van der Waals surface area contributed by atoms with Gasteiger partial charge in [0, 0.05) is 37.3 Å². The van der Waals surface area contributed by atoms with Gasteiger partial charge in [-0.1, -0.05) is 44.2 Å². The van der Waals surface area contributed by atoms with Crippen molar-refractivity contribution in [2.75, 3.05) is 13.7 Å². The number of methoxy groups -OCH3 is 1. The quantitative estimate of drug-likeness (QED) is 0.167. The number of fused-ring (bicyclic) bond motifs is 1. The molecule has 5 aromatic rings. The third-order valence-corrected chi connectivity index (χ3v) is 7.71. The number of ether oxygens (including phenoxy) is 2. The van der Waals surface area contributed by atoms with Gasteiger partial charge in [0.05, 0.1) is 28.9 Å². The van der Waals surface area contributed by atoms with Gasteiger partial charge in [-0.05, 0) is 78.8 Å². The molecular formula is C36H38FN3O4. The molecule has 44 heavy (non-hydrogen) atoms. The Labute approximate surface area is 257 Å². The molecule has 0 atom stereocenters. The number of rotatable bonds is 11. The molecule has 2 aromatic heterocycles. The van der Waals surface area contributed by atoms with Crippen LogP contribution in [0.15, 0.2) is 72.8 Å². The topological polar surface area (TPSA) is 86.5 Å². The van der Waals surface area contributed by atoms with E-state index in [2.05, 4.69) is 22.8 Å². The lowest BCUT2D eigenvalue weighted by Gasteiger charge is -2.14. The van der Waals surface area contributed by atoms with Crippen LogP contribution >= 0.6 is 0 Å². The number of carboxylic acids is 1. The second-order valence-corrected chi connectivity index (χ2v) is 10.8. The van der Waals surface area contributed by atoms with E-state index in [1.54, 1.807) is 37.4 Å². The highest BCUT2D eigenvalue weighted by atomic mass is 19.1. The van der Waals surface area contributed by atoms with Gasteiger partial charge in [0.2, 0.25) is 5.88 Å². The van der Waals surface area contributed by atoms with Gasteiger partial charge in [0.1, 0.15) is 18.2 Å². The molecule has 0 amide bonds. The Hall–Kier alpha value is -4.56. The summed E-state index contributed by atoms with van der Waals surface area (Å²) in [6.07, 6.45) is 2.89. The van der Waals surface area contributed by atoms with Gasteiger partial charge in [0.15, 0.2) is 0 Å². The van der Waals surface area contributed by atoms with Gasteiger partial charge in [-0.2, -0.15) is 0 Å². The second-order valence-electron chi connectivity index (χ2n) is 10.8. The maximum Gasteiger partial charge on any atom is 0.335 e. The molecule has 1 aliphatic rings. The number of aryl methyl sites for hydroxylation is 1. The molecule has 0 spiro atoms. The van der Waals surface area contributed by atoms with E-state index in [1.807, 2.05) is 39.0 Å². The number of carbonyl (C=O) groups is 1. The minimum Gasteiger partial charge on any atom is -0.478 e. The molecule has 228 valence electrons. The standard InChI is InChI=1S/C34H32FN3O4.C2H6/c1-21-6-7-26(28(35)16-21)20-42-33-5-3-4-29(37-33)24-11-10-23(27(17-24)22-8-9-22)19-32-36-30-13-12-25(34(39)40)18-31(30)38(32)14-15-41-2;1-2/h3-7,10-13,16-18,22H,8-9,14-15,19-20H2,1-2H3,(H,39,40);1-2H3. The first-order valence-electron chi connectivity index (χ1n) is 15.1. The molecule has 0 bridgehead atoms. The van der Waals surface area contributed by atoms with Crippen molar-refractivity contribution >= 4 is 17.0 Å². The van der Waals surface area contributed by atoms with E-state index < -0.39 is 5.97 Å². The maximum absolute atomic E-state index is 14.3. The Kier molecular flexibility index (Phi) is 9.70. The number of pyridine rings is 1. The number of halogens is 1. The van der Waals surface area contributed by atoms with Crippen molar-refractivity contribution < 1.29 is 23.8 Å². The molecule has 0 radical (unpaired) electrons. The highest BCUT2D eigenvalue weighted by Crippen LogP contribution is 2.43. The molecule has 7 nitrogen and oxygen atoms in total. The maximum atomic E-state index is 14.3. The van der Waals surface area contributed by atoms with Gasteiger partial charge in [-0.15, -0.1) is 0 Å². The second kappa shape index (κ2) is 13.8. The molecule has 6 rings (SSSR count). The molecule has 2 heterocycles. The summed E-state index contributed by atoms with van der Waals surface area (Å²) in [6.45, 7) is 7.03. The SMILES string of the molecule is CC.COCCn1c(Cc2ccc(-c3cccc(OCc4ccc(C)cc4F)n3)cc2C2CC2)nc2ccc(C(=O)O)cc21. The van der Waals surface area contributed by atoms with E-state index in [-0.39, 0.29) is 18.0 Å². The fourth-order valence-electron chi connectivity index (χ4n) is 5.31. The predicted octanol–water partition coefficient (Wildman–Crippen LogP) is 7.96. The summed E-state index contributed by atoms with van der Waals surface area (Å²) in [5, 5.41) is 9.51. The highest BCUT2D eigenvalue weighted by molar-refractivity contribution is 5.92. The van der Waals surface area contributed by atoms with E-state index >= 15 is 0 Å². The van der Waals surface area contributed by atoms with Gasteiger partial charge in [-0.25, -0.2) is 19.2 Å². The van der Waals surface area contributed by atoms with Crippen molar-refractivity contribution in [1.82, 2.24) is 14.5 Å². The Balaban J connectivity index is 0.00000188. The van der Waals surface area contributed by atoms with Crippen LogP contribution in [-0.4, -0.2) is 39.3 Å². The van der Waals surface area contributed by atoms with Crippen LogP contribution in [0.1, 0.15) is 71.0 Å². The normalized spacial score (nSPS) is 12.6. The van der Waals surface area contributed by atoms with Crippen LogP contribution in [0, 0.1) is 12.7 Å². The molecule has 0 saturated heterocycles. The Bertz CT molecular complexity index is 1780. The van der Waals surface area contributed by atoms with Crippen molar-refractivity contribution in [3.63, 3.8) is 0 Å². The van der Waals surface area contributed by atoms with Gasteiger partial charge < -0.3 is 19.1 Å². The third kappa shape index (κ3) is 6.97. The van der Waals surface area contributed by atoms with E-state index in [0.717, 1.165) is 46.5 Å². The molecule has 8 heteroatoms. The van der Waals surface area contributed by atoms with Crippen molar-refractivity contribution in [2.45, 2.75) is 59.1 Å². The molecule has 3 aromatic carbocycles. The number of hydrogen-bond acceptors (Lipinski definition) is 5. The average Bonchev–Trinajstić information content (AvgIpc) is 3.82. The van der Waals surface area contributed by atoms with E-state index in [0.29, 0.717) is 36.9 Å². The lowest BCUT2D eigenvalue weighted by atomic mass is 9.96. The Morgan fingerprint density at radius 3 is 2.52 bits per heavy atom. The number of benzene rings is 3. The number of carboxylic acid groups (broad SMARTS) is 1. The van der Waals surface area contributed by atoms with Gasteiger partial charge >= 0.3 is 5.97 Å². The van der Waals surface area contributed by atoms with Crippen molar-refractivity contribution in [3.05, 3.63) is 112 Å². The van der Waals surface area contributed by atoms with Crippen molar-refractivity contribution in [3.8, 4) is 17.1 Å². The summed E-state index contributed by atoms with van der Waals surface area (Å²) < 4.78 is 27.5. The summed E-state index contributed by atoms with van der Waals surface area (Å²) in [7, 11) is 1.65. The minimum atomic E-state index is -0.963. The largest absolute Gasteiger partial charge is 0.478 e. The summed E-state index contributed by atoms with van der Waals surface area (Å²) in [5.41, 5.74) is 7.40. The summed E-state index contributed by atoms with van der Waals surface area (Å²) in [4.78, 5) is 21.2. The number of aromatic carboxylic acids is 1. The summed E-state index contributed by atoms with van der Waals surface area (Å²) in [6, 6.07) is 22.2. The fraction of sp³-hybridized carbons (Fsp3) is 0.306.